The van der Waals surface area contributed by atoms with E-state index in [-0.39, 0.29) is 0 Å². The molecule has 0 atom stereocenters. The van der Waals surface area contributed by atoms with Crippen molar-refractivity contribution in [2.75, 3.05) is 0 Å². The minimum atomic E-state index is 1.28. The summed E-state index contributed by atoms with van der Waals surface area (Å²) in [6.07, 6.45) is 13.5. The molecule has 0 radical (unpaired) electrons. The molecule has 0 bridgehead atoms. The van der Waals surface area contributed by atoms with Crippen molar-refractivity contribution in [2.45, 2.75) is 39.0 Å². The van der Waals surface area contributed by atoms with Gasteiger partial charge in [-0.15, -0.1) is 0 Å². The number of allylic oxidation sites excluding steroid dienone is 4. The van der Waals surface area contributed by atoms with Crippen LogP contribution in [0.5, 0.6) is 0 Å². The summed E-state index contributed by atoms with van der Waals surface area (Å²) in [6.45, 7) is 2.13. The normalized spacial score (nSPS) is 27.5. The summed E-state index contributed by atoms with van der Waals surface area (Å²) in [5.41, 5.74) is 1.51. The van der Waals surface area contributed by atoms with Crippen molar-refractivity contribution >= 4 is 0 Å². The molecule has 1 rings (SSSR count). The monoisotopic (exact) mass is 136 g/mol. The van der Waals surface area contributed by atoms with E-state index in [1.54, 1.807) is 0 Å². The molecule has 0 saturated heterocycles. The Hall–Kier alpha value is -0.520. The Morgan fingerprint density at radius 1 is 1.30 bits per heavy atom. The molecule has 0 aromatic heterocycles. The molecule has 0 aromatic carbocycles. The molecule has 0 heterocycles. The Bertz CT molecular complexity index is 140. The van der Waals surface area contributed by atoms with Crippen LogP contribution in [-0.4, -0.2) is 0 Å². The van der Waals surface area contributed by atoms with Gasteiger partial charge in [0.1, 0.15) is 0 Å². The van der Waals surface area contributed by atoms with Crippen LogP contribution in [0.3, 0.4) is 0 Å². The van der Waals surface area contributed by atoms with Gasteiger partial charge in [0, 0.05) is 0 Å². The first-order valence-corrected chi connectivity index (χ1v) is 4.25. The van der Waals surface area contributed by atoms with Gasteiger partial charge in [-0.3, -0.25) is 0 Å². The van der Waals surface area contributed by atoms with Crippen LogP contribution in [-0.2, 0) is 0 Å². The lowest BCUT2D eigenvalue weighted by atomic mass is 10.0. The second-order valence-corrected chi connectivity index (χ2v) is 2.87. The van der Waals surface area contributed by atoms with Crippen LogP contribution in [0.4, 0.5) is 0 Å². The summed E-state index contributed by atoms with van der Waals surface area (Å²) in [5, 5.41) is 0. The zero-order chi connectivity index (χ0) is 7.23. The fourth-order valence-electron chi connectivity index (χ4n) is 1.33. The highest BCUT2D eigenvalue weighted by molar-refractivity contribution is 5.18. The Morgan fingerprint density at radius 2 is 2.20 bits per heavy atom. The molecule has 0 N–H and O–H groups in total. The molecule has 0 heteroatoms. The topological polar surface area (TPSA) is 0 Å². The first kappa shape index (κ1) is 7.59. The van der Waals surface area contributed by atoms with Gasteiger partial charge in [-0.1, -0.05) is 30.2 Å². The van der Waals surface area contributed by atoms with E-state index in [1.165, 1.54) is 37.7 Å². The molecule has 0 aliphatic heterocycles. The molecule has 56 valence electrons. The maximum absolute atomic E-state index is 2.30. The van der Waals surface area contributed by atoms with Gasteiger partial charge in [-0.05, 0) is 32.6 Å². The molecule has 10 heavy (non-hydrogen) atoms. The molecule has 0 saturated carbocycles. The fourth-order valence-corrected chi connectivity index (χ4v) is 1.33. The summed E-state index contributed by atoms with van der Waals surface area (Å²) in [7, 11) is 0. The summed E-state index contributed by atoms with van der Waals surface area (Å²) >= 11 is 0. The lowest BCUT2D eigenvalue weighted by Gasteiger charge is -2.04. The Labute approximate surface area is 63.6 Å². The molecule has 0 aromatic rings. The molecule has 0 nitrogen and oxygen atoms in total. The van der Waals surface area contributed by atoms with Crippen LogP contribution in [0.15, 0.2) is 23.8 Å². The van der Waals surface area contributed by atoms with Crippen LogP contribution >= 0.6 is 0 Å². The van der Waals surface area contributed by atoms with E-state index >= 15 is 0 Å². The standard InChI is InChI=1S/C10H16/c1-2-10-8-6-4-3-5-7-9-10/h2,6,8H,3-5,7,9H2,1H3/b8-6+,10-2?. The van der Waals surface area contributed by atoms with E-state index in [4.69, 9.17) is 0 Å². The Morgan fingerprint density at radius 3 is 3.00 bits per heavy atom. The average molecular weight is 136 g/mol. The van der Waals surface area contributed by atoms with Gasteiger partial charge >= 0.3 is 0 Å². The number of hydrogen-bond donors (Lipinski definition) is 0. The molecular formula is C10H16. The predicted octanol–water partition coefficient (Wildman–Crippen LogP) is 3.45. The first-order valence-electron chi connectivity index (χ1n) is 4.25. The SMILES string of the molecule is CC=C1/C=C/CCCCC1. The quantitative estimate of drug-likeness (QED) is 0.478. The van der Waals surface area contributed by atoms with Gasteiger partial charge in [0.15, 0.2) is 0 Å². The van der Waals surface area contributed by atoms with E-state index < -0.39 is 0 Å². The third-order valence-electron chi connectivity index (χ3n) is 2.04. The average Bonchev–Trinajstić information content (AvgIpc) is 1.87. The maximum Gasteiger partial charge on any atom is -0.0282 e. The predicted molar refractivity (Wildman–Crippen MR) is 46.0 cm³/mol. The van der Waals surface area contributed by atoms with Crippen molar-refractivity contribution < 1.29 is 0 Å². The van der Waals surface area contributed by atoms with Crippen LogP contribution in [0.2, 0.25) is 0 Å². The van der Waals surface area contributed by atoms with E-state index in [0.717, 1.165) is 0 Å². The summed E-state index contributed by atoms with van der Waals surface area (Å²) in [6, 6.07) is 0. The molecule has 1 aliphatic rings. The molecule has 1 aliphatic carbocycles. The second-order valence-electron chi connectivity index (χ2n) is 2.87. The van der Waals surface area contributed by atoms with Crippen molar-refractivity contribution in [2.24, 2.45) is 0 Å². The minimum absolute atomic E-state index is 1.28. The summed E-state index contributed by atoms with van der Waals surface area (Å²) in [4.78, 5) is 0. The van der Waals surface area contributed by atoms with Gasteiger partial charge in [0.25, 0.3) is 0 Å². The van der Waals surface area contributed by atoms with Gasteiger partial charge < -0.3 is 0 Å². The van der Waals surface area contributed by atoms with Crippen LogP contribution < -0.4 is 0 Å². The molecular weight excluding hydrogens is 120 g/mol. The van der Waals surface area contributed by atoms with Gasteiger partial charge in [0.05, 0.1) is 0 Å². The van der Waals surface area contributed by atoms with Gasteiger partial charge in [-0.25, -0.2) is 0 Å². The van der Waals surface area contributed by atoms with E-state index in [1.807, 2.05) is 0 Å². The highest BCUT2D eigenvalue weighted by Crippen LogP contribution is 2.15. The molecule has 0 spiro atoms. The lowest BCUT2D eigenvalue weighted by Crippen LogP contribution is -1.84. The minimum Gasteiger partial charge on any atom is -0.0845 e. The Kier molecular flexibility index (Phi) is 3.28. The number of hydrogen-bond acceptors (Lipinski definition) is 0. The molecule has 0 amide bonds. The zero-order valence-electron chi connectivity index (χ0n) is 6.77. The lowest BCUT2D eigenvalue weighted by molar-refractivity contribution is 0.678. The summed E-state index contributed by atoms with van der Waals surface area (Å²) < 4.78 is 0. The van der Waals surface area contributed by atoms with Crippen molar-refractivity contribution in [1.82, 2.24) is 0 Å². The summed E-state index contributed by atoms with van der Waals surface area (Å²) in [5.74, 6) is 0. The van der Waals surface area contributed by atoms with Gasteiger partial charge in [0.2, 0.25) is 0 Å². The smallest absolute Gasteiger partial charge is 0.0282 e. The van der Waals surface area contributed by atoms with Crippen molar-refractivity contribution in [3.63, 3.8) is 0 Å². The molecule has 0 unspecified atom stereocenters. The van der Waals surface area contributed by atoms with E-state index in [9.17, 15) is 0 Å². The van der Waals surface area contributed by atoms with E-state index in [2.05, 4.69) is 25.2 Å². The number of rotatable bonds is 0. The van der Waals surface area contributed by atoms with Crippen molar-refractivity contribution in [3.8, 4) is 0 Å². The maximum atomic E-state index is 2.30. The van der Waals surface area contributed by atoms with Crippen LogP contribution in [0, 0.1) is 0 Å². The highest BCUT2D eigenvalue weighted by atomic mass is 14.0. The van der Waals surface area contributed by atoms with E-state index in [0.29, 0.717) is 0 Å². The fraction of sp³-hybridized carbons (Fsp3) is 0.600. The van der Waals surface area contributed by atoms with Crippen LogP contribution in [0.1, 0.15) is 39.0 Å². The van der Waals surface area contributed by atoms with Crippen molar-refractivity contribution in [3.05, 3.63) is 23.8 Å². The second kappa shape index (κ2) is 4.32. The largest absolute Gasteiger partial charge is 0.0845 e. The first-order chi connectivity index (χ1) is 4.93. The van der Waals surface area contributed by atoms with Crippen molar-refractivity contribution in [1.29, 1.82) is 0 Å². The van der Waals surface area contributed by atoms with Gasteiger partial charge in [-0.2, -0.15) is 0 Å². The van der Waals surface area contributed by atoms with Crippen LogP contribution in [0.25, 0.3) is 0 Å². The Balaban J connectivity index is 2.49. The molecule has 0 fully saturated rings. The third kappa shape index (κ3) is 2.38. The third-order valence-corrected chi connectivity index (χ3v) is 2.04. The zero-order valence-corrected chi connectivity index (χ0v) is 6.77. The highest BCUT2D eigenvalue weighted by Gasteiger charge is 1.95.